The van der Waals surface area contributed by atoms with Crippen molar-refractivity contribution in [2.75, 3.05) is 18.8 Å². The number of nitrogens with one attached hydrogen (secondary N) is 1. The van der Waals surface area contributed by atoms with Gasteiger partial charge >= 0.3 is 6.18 Å². The third-order valence-electron chi connectivity index (χ3n) is 4.97. The predicted octanol–water partition coefficient (Wildman–Crippen LogP) is 2.93. The number of alkyl halides is 3. The first-order chi connectivity index (χ1) is 14.2. The number of hydrogen-bond acceptors (Lipinski definition) is 5. The Labute approximate surface area is 171 Å². The molecular formula is C20H22F3N5O2. The third kappa shape index (κ3) is 4.87. The number of aromatic nitrogens is 2. The molecule has 0 spiro atoms. The Kier molecular flexibility index (Phi) is 6.23. The Morgan fingerprint density at radius 3 is 2.77 bits per heavy atom. The van der Waals surface area contributed by atoms with Crippen molar-refractivity contribution in [3.63, 3.8) is 0 Å². The van der Waals surface area contributed by atoms with Crippen LogP contribution in [0.5, 0.6) is 0 Å². The molecule has 0 unspecified atom stereocenters. The van der Waals surface area contributed by atoms with Crippen LogP contribution in [0.4, 0.5) is 19.1 Å². The molecule has 0 saturated carbocycles. The molecule has 2 heterocycles. The van der Waals surface area contributed by atoms with E-state index < -0.39 is 17.8 Å². The fourth-order valence-corrected chi connectivity index (χ4v) is 3.56. The molecule has 1 aliphatic heterocycles. The highest BCUT2D eigenvalue weighted by atomic mass is 19.4. The van der Waals surface area contributed by atoms with Gasteiger partial charge < -0.3 is 16.0 Å². The summed E-state index contributed by atoms with van der Waals surface area (Å²) in [5.41, 5.74) is 6.06. The van der Waals surface area contributed by atoms with E-state index in [0.29, 0.717) is 29.8 Å². The second kappa shape index (κ2) is 8.68. The van der Waals surface area contributed by atoms with Crippen LogP contribution in [0.3, 0.4) is 0 Å². The van der Waals surface area contributed by atoms with E-state index in [-0.39, 0.29) is 24.3 Å². The Morgan fingerprint density at radius 1 is 1.30 bits per heavy atom. The summed E-state index contributed by atoms with van der Waals surface area (Å²) in [4.78, 5) is 33.7. The molecule has 2 aromatic rings. The molecule has 0 radical (unpaired) electrons. The number of nitrogens with zero attached hydrogens (tertiary/aromatic N) is 3. The lowest BCUT2D eigenvalue weighted by Crippen LogP contribution is -2.44. The molecular weight excluding hydrogens is 399 g/mol. The average Bonchev–Trinajstić information content (AvgIpc) is 2.71. The van der Waals surface area contributed by atoms with Gasteiger partial charge in [-0.05, 0) is 37.0 Å². The average molecular weight is 421 g/mol. The van der Waals surface area contributed by atoms with Crippen molar-refractivity contribution < 1.29 is 22.8 Å². The van der Waals surface area contributed by atoms with Crippen molar-refractivity contribution in [3.8, 4) is 11.1 Å². The highest BCUT2D eigenvalue weighted by Gasteiger charge is 2.33. The first-order valence-corrected chi connectivity index (χ1v) is 9.50. The van der Waals surface area contributed by atoms with Gasteiger partial charge in [-0.15, -0.1) is 0 Å². The Morgan fingerprint density at radius 2 is 2.07 bits per heavy atom. The topological polar surface area (TPSA) is 101 Å². The monoisotopic (exact) mass is 421 g/mol. The molecule has 1 aliphatic rings. The van der Waals surface area contributed by atoms with Gasteiger partial charge in [0.2, 0.25) is 17.8 Å². The number of anilines is 1. The van der Waals surface area contributed by atoms with Crippen molar-refractivity contribution in [3.05, 3.63) is 41.7 Å². The number of nitrogens with two attached hydrogens (primary N) is 1. The van der Waals surface area contributed by atoms with Crippen LogP contribution in [0.1, 0.15) is 43.5 Å². The number of piperidine rings is 1. The number of halogens is 3. The molecule has 3 rings (SSSR count). The van der Waals surface area contributed by atoms with Crippen LogP contribution in [0.25, 0.3) is 11.1 Å². The zero-order valence-corrected chi connectivity index (χ0v) is 16.4. The van der Waals surface area contributed by atoms with Gasteiger partial charge in [0.15, 0.2) is 0 Å². The van der Waals surface area contributed by atoms with Crippen molar-refractivity contribution in [2.24, 2.45) is 0 Å². The maximum Gasteiger partial charge on any atom is 0.416 e. The van der Waals surface area contributed by atoms with E-state index in [9.17, 15) is 22.8 Å². The molecule has 0 bridgehead atoms. The van der Waals surface area contributed by atoms with E-state index in [0.717, 1.165) is 25.0 Å². The van der Waals surface area contributed by atoms with Crippen LogP contribution in [0.2, 0.25) is 0 Å². The van der Waals surface area contributed by atoms with Gasteiger partial charge in [-0.1, -0.05) is 12.1 Å². The van der Waals surface area contributed by atoms with Crippen molar-refractivity contribution in [2.45, 2.75) is 38.4 Å². The summed E-state index contributed by atoms with van der Waals surface area (Å²) in [5, 5.41) is 2.48. The Hall–Kier alpha value is -3.17. The lowest BCUT2D eigenvalue weighted by atomic mass is 9.93. The Balaban J connectivity index is 2.02. The summed E-state index contributed by atoms with van der Waals surface area (Å²) in [7, 11) is 0. The molecule has 160 valence electrons. The minimum atomic E-state index is -4.49. The molecule has 1 aromatic carbocycles. The van der Waals surface area contributed by atoms with Crippen LogP contribution in [0.15, 0.2) is 30.5 Å². The zero-order valence-electron chi connectivity index (χ0n) is 16.4. The third-order valence-corrected chi connectivity index (χ3v) is 4.97. The lowest BCUT2D eigenvalue weighted by molar-refractivity contribution is -0.137. The molecule has 1 fully saturated rings. The normalized spacial score (nSPS) is 16.9. The maximum atomic E-state index is 13.2. The quantitative estimate of drug-likeness (QED) is 0.791. The fraction of sp³-hybridized carbons (Fsp3) is 0.400. The predicted molar refractivity (Wildman–Crippen MR) is 104 cm³/mol. The van der Waals surface area contributed by atoms with Crippen LogP contribution in [-0.4, -0.2) is 39.8 Å². The summed E-state index contributed by atoms with van der Waals surface area (Å²) in [5.74, 6) is -0.643. The SMILES string of the molecule is CC(=O)NCC(=O)N1CCCC[C@@H]1c1nc(N)ncc1-c1cccc(C(F)(F)F)c1. The summed E-state index contributed by atoms with van der Waals surface area (Å²) in [6.45, 7) is 1.61. The summed E-state index contributed by atoms with van der Waals surface area (Å²) >= 11 is 0. The maximum absolute atomic E-state index is 13.2. The highest BCUT2D eigenvalue weighted by molar-refractivity contribution is 5.84. The minimum Gasteiger partial charge on any atom is -0.368 e. The second-order valence-corrected chi connectivity index (χ2v) is 7.11. The van der Waals surface area contributed by atoms with E-state index in [4.69, 9.17) is 5.73 Å². The summed E-state index contributed by atoms with van der Waals surface area (Å²) in [6, 6.07) is 4.41. The summed E-state index contributed by atoms with van der Waals surface area (Å²) < 4.78 is 39.5. The molecule has 3 N–H and O–H groups in total. The number of hydrogen-bond donors (Lipinski definition) is 2. The van der Waals surface area contributed by atoms with Crippen molar-refractivity contribution >= 4 is 17.8 Å². The van der Waals surface area contributed by atoms with Gasteiger partial charge in [0, 0.05) is 25.2 Å². The second-order valence-electron chi connectivity index (χ2n) is 7.11. The highest BCUT2D eigenvalue weighted by Crippen LogP contribution is 2.38. The molecule has 10 heteroatoms. The van der Waals surface area contributed by atoms with Crippen molar-refractivity contribution in [1.29, 1.82) is 0 Å². The largest absolute Gasteiger partial charge is 0.416 e. The first kappa shape index (κ1) is 21.5. The zero-order chi connectivity index (χ0) is 21.9. The molecule has 7 nitrogen and oxygen atoms in total. The smallest absolute Gasteiger partial charge is 0.368 e. The van der Waals surface area contributed by atoms with Crippen LogP contribution < -0.4 is 11.1 Å². The van der Waals surface area contributed by atoms with Gasteiger partial charge in [0.25, 0.3) is 0 Å². The van der Waals surface area contributed by atoms with E-state index in [1.807, 2.05) is 0 Å². The number of amides is 2. The van der Waals surface area contributed by atoms with E-state index >= 15 is 0 Å². The van der Waals surface area contributed by atoms with Crippen molar-refractivity contribution in [1.82, 2.24) is 20.2 Å². The summed E-state index contributed by atoms with van der Waals surface area (Å²) in [6.07, 6.45) is -0.926. The van der Waals surface area contributed by atoms with Gasteiger partial charge in [0.1, 0.15) is 0 Å². The lowest BCUT2D eigenvalue weighted by Gasteiger charge is -2.36. The fourth-order valence-electron chi connectivity index (χ4n) is 3.56. The number of benzene rings is 1. The molecule has 2 amide bonds. The Bertz CT molecular complexity index is 948. The van der Waals surface area contributed by atoms with Gasteiger partial charge in [-0.25, -0.2) is 9.97 Å². The molecule has 1 atom stereocenters. The molecule has 0 aliphatic carbocycles. The van der Waals surface area contributed by atoms with E-state index in [1.165, 1.54) is 19.2 Å². The van der Waals surface area contributed by atoms with Crippen LogP contribution in [0, 0.1) is 0 Å². The molecule has 30 heavy (non-hydrogen) atoms. The standard InChI is InChI=1S/C20H22F3N5O2/c1-12(29)25-11-17(30)28-8-3-2-7-16(28)18-15(10-26-19(24)27-18)13-5-4-6-14(9-13)20(21,22)23/h4-6,9-10,16H,2-3,7-8,11H2,1H3,(H,25,29)(H2,24,26,27)/t16-/m1/s1. The number of likely N-dealkylation sites (tertiary alicyclic amines) is 1. The first-order valence-electron chi connectivity index (χ1n) is 9.50. The number of carbonyl (C=O) groups excluding carboxylic acids is 2. The van der Waals surface area contributed by atoms with Gasteiger partial charge in [-0.2, -0.15) is 13.2 Å². The van der Waals surface area contributed by atoms with E-state index in [2.05, 4.69) is 15.3 Å². The molecule has 1 aromatic heterocycles. The van der Waals surface area contributed by atoms with Gasteiger partial charge in [0.05, 0.1) is 23.8 Å². The number of rotatable bonds is 4. The number of nitrogen functional groups attached to an aromatic ring is 1. The minimum absolute atomic E-state index is 0.0273. The number of carbonyl (C=O) groups is 2. The van der Waals surface area contributed by atoms with Crippen LogP contribution >= 0.6 is 0 Å². The van der Waals surface area contributed by atoms with Crippen LogP contribution in [-0.2, 0) is 15.8 Å². The van der Waals surface area contributed by atoms with Gasteiger partial charge in [-0.3, -0.25) is 9.59 Å². The molecule has 1 saturated heterocycles. The van der Waals surface area contributed by atoms with E-state index in [1.54, 1.807) is 11.0 Å².